The zero-order valence-corrected chi connectivity index (χ0v) is 17.5. The Balaban J connectivity index is 2.18. The summed E-state index contributed by atoms with van der Waals surface area (Å²) in [6.45, 7) is 5.96. The van der Waals surface area contributed by atoms with Crippen molar-refractivity contribution in [3.05, 3.63) is 64.7 Å². The van der Waals surface area contributed by atoms with Crippen molar-refractivity contribution in [3.63, 3.8) is 0 Å². The van der Waals surface area contributed by atoms with Gasteiger partial charge in [-0.1, -0.05) is 55.8 Å². The topological polar surface area (TPSA) is 58.6 Å². The Labute approximate surface area is 171 Å². The monoisotopic (exact) mass is 402 g/mol. The molecule has 0 saturated carbocycles. The fourth-order valence-corrected chi connectivity index (χ4v) is 3.15. The number of ether oxygens (including phenoxy) is 1. The molecule has 2 rings (SSSR count). The first-order valence-corrected chi connectivity index (χ1v) is 9.68. The van der Waals surface area contributed by atoms with Crippen LogP contribution in [0.25, 0.3) is 0 Å². The fourth-order valence-electron chi connectivity index (χ4n) is 2.93. The number of carbonyl (C=O) groups is 2. The standard InChI is InChI=1S/C22H27ClN2O3/c1-15(2)19-10-5-6-11-20(19)28-14-21(26)25(16(3)22(27)24-4)13-17-8-7-9-18(23)12-17/h5-12,15-16H,13-14H2,1-4H3,(H,24,27)/t16-/m1/s1. The van der Waals surface area contributed by atoms with Gasteiger partial charge in [0.1, 0.15) is 11.8 Å². The average Bonchev–Trinajstić information content (AvgIpc) is 2.69. The minimum Gasteiger partial charge on any atom is -0.483 e. The molecule has 0 aliphatic carbocycles. The molecule has 0 spiro atoms. The van der Waals surface area contributed by atoms with Gasteiger partial charge in [0.25, 0.3) is 5.91 Å². The summed E-state index contributed by atoms with van der Waals surface area (Å²) in [5.74, 6) is 0.451. The molecule has 0 heterocycles. The summed E-state index contributed by atoms with van der Waals surface area (Å²) in [7, 11) is 1.55. The van der Waals surface area contributed by atoms with E-state index in [1.54, 1.807) is 26.1 Å². The van der Waals surface area contributed by atoms with Gasteiger partial charge in [-0.15, -0.1) is 0 Å². The molecule has 5 nitrogen and oxygen atoms in total. The lowest BCUT2D eigenvalue weighted by atomic mass is 10.0. The molecule has 6 heteroatoms. The molecule has 0 aromatic heterocycles. The maximum atomic E-state index is 12.9. The number of nitrogens with one attached hydrogen (secondary N) is 1. The van der Waals surface area contributed by atoms with Crippen LogP contribution in [0.2, 0.25) is 5.02 Å². The van der Waals surface area contributed by atoms with Crippen molar-refractivity contribution < 1.29 is 14.3 Å². The van der Waals surface area contributed by atoms with Gasteiger partial charge in [-0.2, -0.15) is 0 Å². The predicted octanol–water partition coefficient (Wildman–Crippen LogP) is 4.01. The molecule has 2 aromatic rings. The van der Waals surface area contributed by atoms with E-state index in [0.717, 1.165) is 11.1 Å². The number of hydrogen-bond acceptors (Lipinski definition) is 3. The van der Waals surface area contributed by atoms with E-state index >= 15 is 0 Å². The molecule has 1 atom stereocenters. The van der Waals surface area contributed by atoms with E-state index < -0.39 is 6.04 Å². The minimum absolute atomic E-state index is 0.147. The first-order chi connectivity index (χ1) is 13.3. The highest BCUT2D eigenvalue weighted by atomic mass is 35.5. The molecular formula is C22H27ClN2O3. The quantitative estimate of drug-likeness (QED) is 0.725. The third-order valence-corrected chi connectivity index (χ3v) is 4.78. The molecule has 0 fully saturated rings. The van der Waals surface area contributed by atoms with E-state index in [9.17, 15) is 9.59 Å². The lowest BCUT2D eigenvalue weighted by molar-refractivity contribution is -0.142. The molecule has 0 aliphatic rings. The van der Waals surface area contributed by atoms with Gasteiger partial charge >= 0.3 is 0 Å². The number of likely N-dealkylation sites (N-methyl/N-ethyl adjacent to an activating group) is 1. The third-order valence-electron chi connectivity index (χ3n) is 4.55. The smallest absolute Gasteiger partial charge is 0.261 e. The van der Waals surface area contributed by atoms with Crippen molar-refractivity contribution in [2.24, 2.45) is 0 Å². The zero-order valence-electron chi connectivity index (χ0n) is 16.7. The SMILES string of the molecule is CNC(=O)[C@@H](C)N(Cc1cccc(Cl)c1)C(=O)COc1ccccc1C(C)C. The zero-order chi connectivity index (χ0) is 20.7. The summed E-state index contributed by atoms with van der Waals surface area (Å²) < 4.78 is 5.82. The fraction of sp³-hybridized carbons (Fsp3) is 0.364. The molecule has 0 aliphatic heterocycles. The number of hydrogen-bond donors (Lipinski definition) is 1. The van der Waals surface area contributed by atoms with E-state index in [0.29, 0.717) is 10.8 Å². The van der Waals surface area contributed by atoms with Crippen molar-refractivity contribution in [2.45, 2.75) is 39.3 Å². The van der Waals surface area contributed by atoms with E-state index in [-0.39, 0.29) is 30.9 Å². The van der Waals surface area contributed by atoms with Gasteiger partial charge in [0, 0.05) is 18.6 Å². The molecule has 0 radical (unpaired) electrons. The second kappa shape index (κ2) is 10.1. The summed E-state index contributed by atoms with van der Waals surface area (Å²) in [5.41, 5.74) is 1.88. The van der Waals surface area contributed by atoms with Gasteiger partial charge in [-0.05, 0) is 42.2 Å². The Morgan fingerprint density at radius 3 is 2.46 bits per heavy atom. The number of benzene rings is 2. The molecule has 0 saturated heterocycles. The van der Waals surface area contributed by atoms with Crippen molar-refractivity contribution in [2.75, 3.05) is 13.7 Å². The highest BCUT2D eigenvalue weighted by Gasteiger charge is 2.26. The summed E-state index contributed by atoms with van der Waals surface area (Å²) >= 11 is 6.06. The van der Waals surface area contributed by atoms with Crippen LogP contribution < -0.4 is 10.1 Å². The van der Waals surface area contributed by atoms with Crippen LogP contribution in [-0.4, -0.2) is 36.4 Å². The first kappa shape index (κ1) is 21.8. The number of rotatable bonds is 8. The lowest BCUT2D eigenvalue weighted by Gasteiger charge is -2.28. The number of amides is 2. The van der Waals surface area contributed by atoms with Crippen molar-refractivity contribution in [1.29, 1.82) is 0 Å². The molecule has 150 valence electrons. The van der Waals surface area contributed by atoms with E-state index in [1.807, 2.05) is 36.4 Å². The van der Waals surface area contributed by atoms with Crippen LogP contribution in [0.4, 0.5) is 0 Å². The minimum atomic E-state index is -0.638. The van der Waals surface area contributed by atoms with Crippen molar-refractivity contribution in [3.8, 4) is 5.75 Å². The first-order valence-electron chi connectivity index (χ1n) is 9.30. The highest BCUT2D eigenvalue weighted by molar-refractivity contribution is 6.30. The molecule has 0 bridgehead atoms. The average molecular weight is 403 g/mol. The van der Waals surface area contributed by atoms with Crippen molar-refractivity contribution in [1.82, 2.24) is 10.2 Å². The number of carbonyl (C=O) groups excluding carboxylic acids is 2. The van der Waals surface area contributed by atoms with Crippen LogP contribution in [0, 0.1) is 0 Å². The molecular weight excluding hydrogens is 376 g/mol. The van der Waals surface area contributed by atoms with Crippen LogP contribution in [-0.2, 0) is 16.1 Å². The molecule has 1 N–H and O–H groups in total. The summed E-state index contributed by atoms with van der Waals surface area (Å²) in [4.78, 5) is 26.6. The van der Waals surface area contributed by atoms with Gasteiger partial charge in [-0.25, -0.2) is 0 Å². The Bertz CT molecular complexity index is 823. The van der Waals surface area contributed by atoms with E-state index in [1.165, 1.54) is 4.90 Å². The lowest BCUT2D eigenvalue weighted by Crippen LogP contribution is -2.48. The Morgan fingerprint density at radius 2 is 1.82 bits per heavy atom. The Morgan fingerprint density at radius 1 is 1.11 bits per heavy atom. The number of halogens is 1. The summed E-state index contributed by atoms with van der Waals surface area (Å²) in [6, 6.07) is 14.3. The normalized spacial score (nSPS) is 11.8. The van der Waals surface area contributed by atoms with E-state index in [2.05, 4.69) is 19.2 Å². The van der Waals surface area contributed by atoms with Crippen LogP contribution in [0.1, 0.15) is 37.8 Å². The summed E-state index contributed by atoms with van der Waals surface area (Å²) in [6.07, 6.45) is 0. The Kier molecular flexibility index (Phi) is 7.88. The molecule has 0 unspecified atom stereocenters. The van der Waals surface area contributed by atoms with Crippen LogP contribution in [0.3, 0.4) is 0 Å². The Hall–Kier alpha value is -2.53. The molecule has 2 aromatic carbocycles. The number of nitrogens with zero attached hydrogens (tertiary/aromatic N) is 1. The highest BCUT2D eigenvalue weighted by Crippen LogP contribution is 2.26. The van der Waals surface area contributed by atoms with Gasteiger partial charge in [0.05, 0.1) is 0 Å². The summed E-state index contributed by atoms with van der Waals surface area (Å²) in [5, 5.41) is 3.18. The maximum Gasteiger partial charge on any atom is 0.261 e. The molecule has 28 heavy (non-hydrogen) atoms. The largest absolute Gasteiger partial charge is 0.483 e. The second-order valence-electron chi connectivity index (χ2n) is 6.92. The molecule has 2 amide bonds. The van der Waals surface area contributed by atoms with Gasteiger partial charge in [0.15, 0.2) is 6.61 Å². The van der Waals surface area contributed by atoms with Crippen molar-refractivity contribution >= 4 is 23.4 Å². The van der Waals surface area contributed by atoms with Gasteiger partial charge in [-0.3, -0.25) is 9.59 Å². The van der Waals surface area contributed by atoms with Gasteiger partial charge < -0.3 is 15.0 Å². The second-order valence-corrected chi connectivity index (χ2v) is 7.36. The van der Waals surface area contributed by atoms with Crippen LogP contribution in [0.15, 0.2) is 48.5 Å². The van der Waals surface area contributed by atoms with Gasteiger partial charge in [0.2, 0.25) is 5.91 Å². The number of para-hydroxylation sites is 1. The third kappa shape index (κ3) is 5.73. The maximum absolute atomic E-state index is 12.9. The predicted molar refractivity (Wildman–Crippen MR) is 112 cm³/mol. The van der Waals surface area contributed by atoms with Crippen LogP contribution >= 0.6 is 11.6 Å². The van der Waals surface area contributed by atoms with Crippen LogP contribution in [0.5, 0.6) is 5.75 Å². The van der Waals surface area contributed by atoms with E-state index in [4.69, 9.17) is 16.3 Å².